The van der Waals surface area contributed by atoms with E-state index in [0.717, 1.165) is 19.3 Å². The molecule has 0 aromatic rings. The molecule has 16 heavy (non-hydrogen) atoms. The van der Waals surface area contributed by atoms with Crippen molar-refractivity contribution in [1.82, 2.24) is 5.32 Å². The molecule has 1 saturated carbocycles. The summed E-state index contributed by atoms with van der Waals surface area (Å²) in [7, 11) is 0. The SMILES string of the molecule is CC(C)(C)OC(=O)NC(C(=N)N)C1CCC1. The van der Waals surface area contributed by atoms with E-state index in [1.54, 1.807) is 20.8 Å². The van der Waals surface area contributed by atoms with Crippen molar-refractivity contribution in [3.05, 3.63) is 0 Å². The Labute approximate surface area is 96.2 Å². The topological polar surface area (TPSA) is 88.2 Å². The van der Waals surface area contributed by atoms with E-state index < -0.39 is 11.7 Å². The van der Waals surface area contributed by atoms with Crippen molar-refractivity contribution in [3.8, 4) is 0 Å². The number of carbonyl (C=O) groups excluding carboxylic acids is 1. The summed E-state index contributed by atoms with van der Waals surface area (Å²) >= 11 is 0. The van der Waals surface area contributed by atoms with Crippen molar-refractivity contribution in [2.45, 2.75) is 51.7 Å². The Hall–Kier alpha value is -1.26. The van der Waals surface area contributed by atoms with Crippen LogP contribution in [0.25, 0.3) is 0 Å². The van der Waals surface area contributed by atoms with E-state index in [0.29, 0.717) is 5.92 Å². The summed E-state index contributed by atoms with van der Waals surface area (Å²) in [6.07, 6.45) is 2.67. The molecule has 0 saturated heterocycles. The molecule has 1 rings (SSSR count). The molecule has 1 amide bonds. The van der Waals surface area contributed by atoms with Crippen LogP contribution >= 0.6 is 0 Å². The zero-order valence-electron chi connectivity index (χ0n) is 10.2. The highest BCUT2D eigenvalue weighted by Gasteiger charge is 2.31. The second-order valence-corrected chi connectivity index (χ2v) is 5.27. The number of nitrogens with one attached hydrogen (secondary N) is 2. The van der Waals surface area contributed by atoms with Gasteiger partial charge in [0.25, 0.3) is 0 Å². The first-order valence-corrected chi connectivity index (χ1v) is 5.63. The van der Waals surface area contributed by atoms with Gasteiger partial charge in [-0.2, -0.15) is 0 Å². The lowest BCUT2D eigenvalue weighted by Gasteiger charge is -2.33. The number of rotatable bonds is 3. The molecule has 1 atom stereocenters. The van der Waals surface area contributed by atoms with Crippen molar-refractivity contribution in [3.63, 3.8) is 0 Å². The molecular formula is C11H21N3O2. The summed E-state index contributed by atoms with van der Waals surface area (Å²) in [5, 5.41) is 10.1. The lowest BCUT2D eigenvalue weighted by atomic mass is 9.79. The van der Waals surface area contributed by atoms with Gasteiger partial charge < -0.3 is 15.8 Å². The van der Waals surface area contributed by atoms with Crippen LogP contribution in [-0.4, -0.2) is 23.6 Å². The summed E-state index contributed by atoms with van der Waals surface area (Å²) < 4.78 is 5.13. The van der Waals surface area contributed by atoms with Crippen molar-refractivity contribution in [1.29, 1.82) is 5.41 Å². The molecular weight excluding hydrogens is 206 g/mol. The molecule has 5 nitrogen and oxygen atoms in total. The number of ether oxygens (including phenoxy) is 1. The highest BCUT2D eigenvalue weighted by molar-refractivity contribution is 5.86. The number of hydrogen-bond donors (Lipinski definition) is 3. The van der Waals surface area contributed by atoms with Crippen LogP contribution in [0.5, 0.6) is 0 Å². The van der Waals surface area contributed by atoms with Crippen LogP contribution in [0.4, 0.5) is 4.79 Å². The van der Waals surface area contributed by atoms with Gasteiger partial charge in [0.2, 0.25) is 0 Å². The van der Waals surface area contributed by atoms with E-state index in [4.69, 9.17) is 15.9 Å². The third-order valence-corrected chi connectivity index (χ3v) is 2.63. The highest BCUT2D eigenvalue weighted by atomic mass is 16.6. The van der Waals surface area contributed by atoms with Crippen molar-refractivity contribution in [2.24, 2.45) is 11.7 Å². The quantitative estimate of drug-likeness (QED) is 0.505. The number of nitrogens with two attached hydrogens (primary N) is 1. The van der Waals surface area contributed by atoms with Gasteiger partial charge >= 0.3 is 6.09 Å². The third kappa shape index (κ3) is 3.72. The van der Waals surface area contributed by atoms with Crippen LogP contribution in [0.2, 0.25) is 0 Å². The van der Waals surface area contributed by atoms with Gasteiger partial charge in [-0.15, -0.1) is 0 Å². The predicted molar refractivity (Wildman–Crippen MR) is 62.4 cm³/mol. The molecule has 4 N–H and O–H groups in total. The van der Waals surface area contributed by atoms with E-state index >= 15 is 0 Å². The van der Waals surface area contributed by atoms with Gasteiger partial charge in [-0.1, -0.05) is 6.42 Å². The molecule has 0 radical (unpaired) electrons. The molecule has 0 aliphatic heterocycles. The van der Waals surface area contributed by atoms with E-state index in [1.807, 2.05) is 0 Å². The summed E-state index contributed by atoms with van der Waals surface area (Å²) in [5.41, 5.74) is 4.95. The lowest BCUT2D eigenvalue weighted by Crippen LogP contribution is -2.51. The Morgan fingerprint density at radius 1 is 1.50 bits per heavy atom. The Bertz CT molecular complexity index is 279. The van der Waals surface area contributed by atoms with E-state index in [1.165, 1.54) is 0 Å². The standard InChI is InChI=1S/C11H21N3O2/c1-11(2,3)16-10(15)14-8(9(12)13)7-5-4-6-7/h7-8H,4-6H2,1-3H3,(H3,12,13)(H,14,15). The minimum absolute atomic E-state index is 0.00978. The molecule has 1 aliphatic carbocycles. The maximum atomic E-state index is 11.5. The van der Waals surface area contributed by atoms with Crippen LogP contribution in [0, 0.1) is 11.3 Å². The van der Waals surface area contributed by atoms with E-state index in [-0.39, 0.29) is 11.9 Å². The molecule has 1 aliphatic rings. The van der Waals surface area contributed by atoms with Gasteiger partial charge in [0.1, 0.15) is 11.4 Å². The summed E-state index contributed by atoms with van der Waals surface area (Å²) in [4.78, 5) is 11.5. The second-order valence-electron chi connectivity index (χ2n) is 5.27. The average molecular weight is 227 g/mol. The largest absolute Gasteiger partial charge is 0.444 e. The summed E-state index contributed by atoms with van der Waals surface area (Å²) in [5.74, 6) is 0.306. The molecule has 0 aromatic carbocycles. The molecule has 0 spiro atoms. The fourth-order valence-corrected chi connectivity index (χ4v) is 1.66. The number of amidine groups is 1. The zero-order valence-corrected chi connectivity index (χ0v) is 10.2. The molecule has 92 valence electrons. The molecule has 0 bridgehead atoms. The smallest absolute Gasteiger partial charge is 0.408 e. The first-order valence-electron chi connectivity index (χ1n) is 5.63. The van der Waals surface area contributed by atoms with Crippen molar-refractivity contribution < 1.29 is 9.53 Å². The molecule has 0 heterocycles. The summed E-state index contributed by atoms with van der Waals surface area (Å²) in [6, 6.07) is -0.372. The highest BCUT2D eigenvalue weighted by Crippen LogP contribution is 2.29. The second kappa shape index (κ2) is 4.72. The number of hydrogen-bond acceptors (Lipinski definition) is 3. The van der Waals surface area contributed by atoms with Crippen molar-refractivity contribution >= 4 is 11.9 Å². The normalized spacial score (nSPS) is 18.4. The fraction of sp³-hybridized carbons (Fsp3) is 0.818. The molecule has 1 unspecified atom stereocenters. The van der Waals surface area contributed by atoms with Crippen LogP contribution in [-0.2, 0) is 4.74 Å². The maximum Gasteiger partial charge on any atom is 0.408 e. The zero-order chi connectivity index (χ0) is 12.3. The lowest BCUT2D eigenvalue weighted by molar-refractivity contribution is 0.0491. The third-order valence-electron chi connectivity index (χ3n) is 2.63. The number of carbonyl (C=O) groups is 1. The Morgan fingerprint density at radius 2 is 2.06 bits per heavy atom. The fourth-order valence-electron chi connectivity index (χ4n) is 1.66. The first kappa shape index (κ1) is 12.8. The van der Waals surface area contributed by atoms with Crippen LogP contribution in [0.15, 0.2) is 0 Å². The van der Waals surface area contributed by atoms with Gasteiger partial charge in [0.15, 0.2) is 0 Å². The molecule has 0 aromatic heterocycles. The van der Waals surface area contributed by atoms with Gasteiger partial charge in [0, 0.05) is 0 Å². The minimum atomic E-state index is -0.523. The minimum Gasteiger partial charge on any atom is -0.444 e. The van der Waals surface area contributed by atoms with E-state index in [2.05, 4.69) is 5.32 Å². The average Bonchev–Trinajstić information content (AvgIpc) is 1.95. The van der Waals surface area contributed by atoms with Gasteiger partial charge in [0.05, 0.1) is 6.04 Å². The maximum absolute atomic E-state index is 11.5. The Kier molecular flexibility index (Phi) is 3.78. The molecule has 1 fully saturated rings. The van der Waals surface area contributed by atoms with Crippen LogP contribution < -0.4 is 11.1 Å². The van der Waals surface area contributed by atoms with E-state index in [9.17, 15) is 4.79 Å². The summed E-state index contributed by atoms with van der Waals surface area (Å²) in [6.45, 7) is 5.41. The van der Waals surface area contributed by atoms with Gasteiger partial charge in [-0.25, -0.2) is 4.79 Å². The first-order chi connectivity index (χ1) is 7.29. The van der Waals surface area contributed by atoms with Crippen LogP contribution in [0.1, 0.15) is 40.0 Å². The predicted octanol–water partition coefficient (Wildman–Crippen LogP) is 1.62. The van der Waals surface area contributed by atoms with Gasteiger partial charge in [-0.05, 0) is 39.5 Å². The van der Waals surface area contributed by atoms with Crippen LogP contribution in [0.3, 0.4) is 0 Å². The van der Waals surface area contributed by atoms with Crippen molar-refractivity contribution in [2.75, 3.05) is 0 Å². The monoisotopic (exact) mass is 227 g/mol. The molecule has 5 heteroatoms. The Morgan fingerprint density at radius 3 is 2.38 bits per heavy atom. The number of alkyl carbamates (subject to hydrolysis) is 1. The Balaban J connectivity index is 2.48. The van der Waals surface area contributed by atoms with Gasteiger partial charge in [-0.3, -0.25) is 5.41 Å². The number of amides is 1.